The van der Waals surface area contributed by atoms with Crippen LogP contribution in [-0.4, -0.2) is 30.3 Å². The average molecular weight is 251 g/mol. The lowest BCUT2D eigenvalue weighted by atomic mass is 9.90. The summed E-state index contributed by atoms with van der Waals surface area (Å²) in [6.07, 6.45) is -0.658. The molecule has 1 heterocycles. The van der Waals surface area contributed by atoms with Crippen molar-refractivity contribution >= 4 is 0 Å². The standard InChI is InChI=1S/C12H17N3O3/c1-12(2,3)8(7-13)18-11-14-9(16-4)6-10(15-11)17-5/h6,8H,1-5H3. The summed E-state index contributed by atoms with van der Waals surface area (Å²) < 4.78 is 15.5. The van der Waals surface area contributed by atoms with Gasteiger partial charge in [0.05, 0.1) is 20.3 Å². The van der Waals surface area contributed by atoms with Crippen molar-refractivity contribution in [1.82, 2.24) is 9.97 Å². The Kier molecular flexibility index (Phi) is 4.32. The molecular formula is C12H17N3O3. The van der Waals surface area contributed by atoms with Gasteiger partial charge in [0.15, 0.2) is 6.10 Å². The lowest BCUT2D eigenvalue weighted by Gasteiger charge is -2.24. The van der Waals surface area contributed by atoms with Crippen LogP contribution < -0.4 is 14.2 Å². The summed E-state index contributed by atoms with van der Waals surface area (Å²) in [4.78, 5) is 8.03. The highest BCUT2D eigenvalue weighted by Gasteiger charge is 2.27. The normalized spacial score (nSPS) is 12.4. The molecule has 0 spiro atoms. The van der Waals surface area contributed by atoms with Crippen molar-refractivity contribution in [3.63, 3.8) is 0 Å². The van der Waals surface area contributed by atoms with Crippen molar-refractivity contribution in [3.8, 4) is 23.8 Å². The smallest absolute Gasteiger partial charge is 0.324 e. The van der Waals surface area contributed by atoms with Gasteiger partial charge in [-0.1, -0.05) is 20.8 Å². The van der Waals surface area contributed by atoms with Gasteiger partial charge in [0.1, 0.15) is 6.07 Å². The first-order chi connectivity index (χ1) is 8.40. The highest BCUT2D eigenvalue weighted by Crippen LogP contribution is 2.25. The molecule has 0 N–H and O–H groups in total. The zero-order valence-corrected chi connectivity index (χ0v) is 11.2. The fourth-order valence-electron chi connectivity index (χ4n) is 1.15. The molecule has 18 heavy (non-hydrogen) atoms. The molecular weight excluding hydrogens is 234 g/mol. The maximum Gasteiger partial charge on any atom is 0.324 e. The molecule has 98 valence electrons. The summed E-state index contributed by atoms with van der Waals surface area (Å²) in [7, 11) is 2.97. The largest absolute Gasteiger partial charge is 0.481 e. The number of ether oxygens (including phenoxy) is 3. The van der Waals surface area contributed by atoms with Crippen molar-refractivity contribution in [2.45, 2.75) is 26.9 Å². The topological polar surface area (TPSA) is 77.3 Å². The van der Waals surface area contributed by atoms with E-state index in [1.54, 1.807) is 0 Å². The Morgan fingerprint density at radius 2 is 1.67 bits per heavy atom. The Hall–Kier alpha value is -2.03. The Morgan fingerprint density at radius 3 is 2.00 bits per heavy atom. The number of hydrogen-bond donors (Lipinski definition) is 0. The minimum Gasteiger partial charge on any atom is -0.481 e. The summed E-state index contributed by atoms with van der Waals surface area (Å²) in [5.41, 5.74) is -0.339. The summed E-state index contributed by atoms with van der Waals surface area (Å²) in [6.45, 7) is 5.70. The summed E-state index contributed by atoms with van der Waals surface area (Å²) in [5, 5.41) is 9.08. The molecule has 1 unspecified atom stereocenters. The third-order valence-electron chi connectivity index (χ3n) is 2.20. The summed E-state index contributed by atoms with van der Waals surface area (Å²) >= 11 is 0. The maximum atomic E-state index is 9.08. The van der Waals surface area contributed by atoms with E-state index in [1.165, 1.54) is 20.3 Å². The van der Waals surface area contributed by atoms with E-state index in [4.69, 9.17) is 19.5 Å². The van der Waals surface area contributed by atoms with Gasteiger partial charge in [0.25, 0.3) is 0 Å². The van der Waals surface area contributed by atoms with Crippen LogP contribution in [0.25, 0.3) is 0 Å². The van der Waals surface area contributed by atoms with Crippen LogP contribution in [0.5, 0.6) is 17.8 Å². The number of aromatic nitrogens is 2. The zero-order chi connectivity index (χ0) is 13.8. The van der Waals surface area contributed by atoms with Gasteiger partial charge >= 0.3 is 6.01 Å². The van der Waals surface area contributed by atoms with Gasteiger partial charge in [0.2, 0.25) is 11.8 Å². The van der Waals surface area contributed by atoms with E-state index in [-0.39, 0.29) is 11.4 Å². The molecule has 1 atom stereocenters. The van der Waals surface area contributed by atoms with Gasteiger partial charge in [-0.3, -0.25) is 0 Å². The van der Waals surface area contributed by atoms with Crippen LogP contribution in [-0.2, 0) is 0 Å². The van der Waals surface area contributed by atoms with Crippen molar-refractivity contribution in [3.05, 3.63) is 6.07 Å². The molecule has 1 rings (SSSR count). The number of rotatable bonds is 4. The Bertz CT molecular complexity index is 427. The van der Waals surface area contributed by atoms with Crippen molar-refractivity contribution in [1.29, 1.82) is 5.26 Å². The predicted molar refractivity (Wildman–Crippen MR) is 64.6 cm³/mol. The molecule has 0 saturated carbocycles. The molecule has 0 fully saturated rings. The Morgan fingerprint density at radius 1 is 1.17 bits per heavy atom. The molecule has 0 aliphatic heterocycles. The summed E-state index contributed by atoms with van der Waals surface area (Å²) in [6, 6.07) is 3.68. The molecule has 0 aromatic carbocycles. The Balaban J connectivity index is 3.00. The van der Waals surface area contributed by atoms with E-state index >= 15 is 0 Å². The fourth-order valence-corrected chi connectivity index (χ4v) is 1.15. The highest BCUT2D eigenvalue weighted by molar-refractivity contribution is 5.23. The molecule has 0 aliphatic carbocycles. The van der Waals surface area contributed by atoms with Gasteiger partial charge in [-0.05, 0) is 0 Å². The molecule has 0 bridgehead atoms. The lowest BCUT2D eigenvalue weighted by Crippen LogP contribution is -2.31. The molecule has 0 radical (unpaired) electrons. The molecule has 0 saturated heterocycles. The SMILES string of the molecule is COc1cc(OC)nc(OC(C#N)C(C)(C)C)n1. The van der Waals surface area contributed by atoms with E-state index in [0.29, 0.717) is 11.8 Å². The molecule has 6 nitrogen and oxygen atoms in total. The third-order valence-corrected chi connectivity index (χ3v) is 2.20. The van der Waals surface area contributed by atoms with E-state index in [2.05, 4.69) is 16.0 Å². The zero-order valence-electron chi connectivity index (χ0n) is 11.2. The van der Waals surface area contributed by atoms with Gasteiger partial charge in [-0.25, -0.2) is 0 Å². The van der Waals surface area contributed by atoms with Crippen LogP contribution in [0.15, 0.2) is 6.07 Å². The second-order valence-corrected chi connectivity index (χ2v) is 4.73. The monoisotopic (exact) mass is 251 g/mol. The minimum atomic E-state index is -0.658. The lowest BCUT2D eigenvalue weighted by molar-refractivity contribution is 0.121. The predicted octanol–water partition coefficient (Wildman–Crippen LogP) is 1.81. The van der Waals surface area contributed by atoms with Crippen molar-refractivity contribution in [2.75, 3.05) is 14.2 Å². The first kappa shape index (κ1) is 14.0. The van der Waals surface area contributed by atoms with Gasteiger partial charge < -0.3 is 14.2 Å². The van der Waals surface area contributed by atoms with Gasteiger partial charge in [-0.15, -0.1) is 0 Å². The number of hydrogen-bond acceptors (Lipinski definition) is 6. The van der Waals surface area contributed by atoms with Gasteiger partial charge in [-0.2, -0.15) is 15.2 Å². The number of methoxy groups -OCH3 is 2. The molecule has 0 amide bonds. The quantitative estimate of drug-likeness (QED) is 0.812. The van der Waals surface area contributed by atoms with Crippen LogP contribution in [0.1, 0.15) is 20.8 Å². The fraction of sp³-hybridized carbons (Fsp3) is 0.583. The highest BCUT2D eigenvalue weighted by atomic mass is 16.5. The van der Waals surface area contributed by atoms with Crippen LogP contribution in [0.2, 0.25) is 0 Å². The minimum absolute atomic E-state index is 0.0627. The number of nitrogens with zero attached hydrogens (tertiary/aromatic N) is 3. The first-order valence-corrected chi connectivity index (χ1v) is 5.44. The molecule has 1 aromatic rings. The summed E-state index contributed by atoms with van der Waals surface area (Å²) in [5.74, 6) is 0.643. The van der Waals surface area contributed by atoms with Crippen LogP contribution in [0.3, 0.4) is 0 Å². The first-order valence-electron chi connectivity index (χ1n) is 5.44. The van der Waals surface area contributed by atoms with E-state index in [9.17, 15) is 0 Å². The molecule has 1 aromatic heterocycles. The maximum absolute atomic E-state index is 9.08. The third kappa shape index (κ3) is 3.48. The molecule has 6 heteroatoms. The number of nitriles is 1. The van der Waals surface area contributed by atoms with Crippen LogP contribution in [0.4, 0.5) is 0 Å². The van der Waals surface area contributed by atoms with E-state index < -0.39 is 6.10 Å². The van der Waals surface area contributed by atoms with Gasteiger partial charge in [0, 0.05) is 5.41 Å². The van der Waals surface area contributed by atoms with Crippen LogP contribution in [0, 0.1) is 16.7 Å². The van der Waals surface area contributed by atoms with Crippen molar-refractivity contribution in [2.24, 2.45) is 5.41 Å². The van der Waals surface area contributed by atoms with Crippen LogP contribution >= 0.6 is 0 Å². The average Bonchev–Trinajstić information content (AvgIpc) is 2.33. The van der Waals surface area contributed by atoms with E-state index in [0.717, 1.165) is 0 Å². The second-order valence-electron chi connectivity index (χ2n) is 4.73. The second kappa shape index (κ2) is 5.54. The van der Waals surface area contributed by atoms with E-state index in [1.807, 2.05) is 20.8 Å². The molecule has 0 aliphatic rings. The van der Waals surface area contributed by atoms with Crippen molar-refractivity contribution < 1.29 is 14.2 Å². The Labute approximate surface area is 107 Å².